The number of ether oxygens (including phenoxy) is 1. The fraction of sp³-hybridized carbons (Fsp3) is 0.280. The molecule has 4 nitrogen and oxygen atoms in total. The zero-order chi connectivity index (χ0) is 20.6. The van der Waals surface area contributed by atoms with Gasteiger partial charge in [-0.1, -0.05) is 42.0 Å². The zero-order valence-corrected chi connectivity index (χ0v) is 17.3. The summed E-state index contributed by atoms with van der Waals surface area (Å²) in [6.45, 7) is 6.67. The maximum Gasteiger partial charge on any atom is 0.220 e. The van der Waals surface area contributed by atoms with Crippen LogP contribution in [0.2, 0.25) is 0 Å². The van der Waals surface area contributed by atoms with Gasteiger partial charge in [-0.15, -0.1) is 0 Å². The lowest BCUT2D eigenvalue weighted by molar-refractivity contribution is -0.121. The van der Waals surface area contributed by atoms with Gasteiger partial charge in [0.2, 0.25) is 5.91 Å². The van der Waals surface area contributed by atoms with E-state index in [2.05, 4.69) is 42.3 Å². The lowest BCUT2D eigenvalue weighted by Crippen LogP contribution is -2.26. The summed E-state index contributed by atoms with van der Waals surface area (Å²) in [4.78, 5) is 16.4. The molecule has 29 heavy (non-hydrogen) atoms. The molecule has 2 aromatic carbocycles. The van der Waals surface area contributed by atoms with Crippen LogP contribution in [0, 0.1) is 13.8 Å². The highest BCUT2D eigenvalue weighted by atomic mass is 16.5. The normalized spacial score (nSPS) is 11.7. The quantitative estimate of drug-likeness (QED) is 0.585. The van der Waals surface area contributed by atoms with Crippen LogP contribution in [0.5, 0.6) is 5.75 Å². The van der Waals surface area contributed by atoms with Gasteiger partial charge in [0.05, 0.1) is 6.04 Å². The van der Waals surface area contributed by atoms with Crippen molar-refractivity contribution in [3.8, 4) is 5.75 Å². The number of amides is 1. The van der Waals surface area contributed by atoms with Gasteiger partial charge in [0, 0.05) is 24.4 Å². The van der Waals surface area contributed by atoms with Crippen molar-refractivity contribution in [3.05, 3.63) is 94.8 Å². The largest absolute Gasteiger partial charge is 0.489 e. The van der Waals surface area contributed by atoms with E-state index in [4.69, 9.17) is 4.74 Å². The molecule has 0 bridgehead atoms. The van der Waals surface area contributed by atoms with Crippen LogP contribution in [-0.2, 0) is 17.8 Å². The van der Waals surface area contributed by atoms with E-state index in [1.54, 1.807) is 12.4 Å². The van der Waals surface area contributed by atoms with Gasteiger partial charge in [0.1, 0.15) is 12.4 Å². The monoisotopic (exact) mass is 388 g/mol. The van der Waals surface area contributed by atoms with Crippen LogP contribution in [0.3, 0.4) is 0 Å². The van der Waals surface area contributed by atoms with Crippen molar-refractivity contribution >= 4 is 5.91 Å². The minimum atomic E-state index is -0.0472. The van der Waals surface area contributed by atoms with Gasteiger partial charge in [0.15, 0.2) is 0 Å². The maximum atomic E-state index is 12.4. The standard InChI is InChI=1S/C25H28N2O2/c1-18-6-7-22(19(2)15-18)10-13-25(28)27-20(3)23-8-11-24(12-9-23)29-17-21-5-4-14-26-16-21/h4-9,11-12,14-16,20H,10,13,17H2,1-3H3,(H,27,28). The van der Waals surface area contributed by atoms with Gasteiger partial charge < -0.3 is 10.1 Å². The fourth-order valence-corrected chi connectivity index (χ4v) is 3.27. The van der Waals surface area contributed by atoms with Crippen molar-refractivity contribution in [2.24, 2.45) is 0 Å². The molecule has 1 N–H and O–H groups in total. The van der Waals surface area contributed by atoms with Gasteiger partial charge in [-0.2, -0.15) is 0 Å². The number of hydrogen-bond acceptors (Lipinski definition) is 3. The Morgan fingerprint density at radius 2 is 1.90 bits per heavy atom. The molecule has 0 saturated carbocycles. The molecule has 1 atom stereocenters. The Labute approximate surface area is 173 Å². The van der Waals surface area contributed by atoms with Crippen LogP contribution in [0.25, 0.3) is 0 Å². The number of rotatable bonds is 8. The first-order valence-corrected chi connectivity index (χ1v) is 9.98. The molecule has 0 aliphatic rings. The number of benzene rings is 2. The summed E-state index contributed by atoms with van der Waals surface area (Å²) in [6, 6.07) is 18.1. The van der Waals surface area contributed by atoms with E-state index >= 15 is 0 Å². The van der Waals surface area contributed by atoms with Crippen LogP contribution in [-0.4, -0.2) is 10.9 Å². The van der Waals surface area contributed by atoms with Crippen LogP contribution in [0.1, 0.15) is 47.2 Å². The van der Waals surface area contributed by atoms with Gasteiger partial charge in [-0.3, -0.25) is 9.78 Å². The summed E-state index contributed by atoms with van der Waals surface area (Å²) in [6.07, 6.45) is 4.78. The van der Waals surface area contributed by atoms with Gasteiger partial charge in [-0.25, -0.2) is 0 Å². The first-order valence-electron chi connectivity index (χ1n) is 9.98. The molecule has 1 aromatic heterocycles. The van der Waals surface area contributed by atoms with E-state index in [0.717, 1.165) is 23.3 Å². The third kappa shape index (κ3) is 6.18. The molecule has 0 aliphatic carbocycles. The average molecular weight is 389 g/mol. The Morgan fingerprint density at radius 1 is 1.10 bits per heavy atom. The van der Waals surface area contributed by atoms with E-state index in [1.165, 1.54) is 16.7 Å². The van der Waals surface area contributed by atoms with Crippen molar-refractivity contribution in [2.75, 3.05) is 0 Å². The van der Waals surface area contributed by atoms with Crippen molar-refractivity contribution in [1.82, 2.24) is 10.3 Å². The Bertz CT molecular complexity index is 937. The summed E-state index contributed by atoms with van der Waals surface area (Å²) in [5.41, 5.74) is 5.80. The van der Waals surface area contributed by atoms with Crippen molar-refractivity contribution < 1.29 is 9.53 Å². The van der Waals surface area contributed by atoms with E-state index in [1.807, 2.05) is 43.3 Å². The lowest BCUT2D eigenvalue weighted by atomic mass is 10.0. The molecule has 0 fully saturated rings. The number of hydrogen-bond donors (Lipinski definition) is 1. The highest BCUT2D eigenvalue weighted by Gasteiger charge is 2.11. The summed E-state index contributed by atoms with van der Waals surface area (Å²) in [5.74, 6) is 0.861. The van der Waals surface area contributed by atoms with E-state index < -0.39 is 0 Å². The van der Waals surface area contributed by atoms with Crippen LogP contribution < -0.4 is 10.1 Å². The third-order valence-corrected chi connectivity index (χ3v) is 5.01. The molecule has 0 radical (unpaired) electrons. The number of nitrogens with zero attached hydrogens (tertiary/aromatic N) is 1. The molecule has 3 aromatic rings. The van der Waals surface area contributed by atoms with Crippen LogP contribution in [0.4, 0.5) is 0 Å². The van der Waals surface area contributed by atoms with Crippen LogP contribution >= 0.6 is 0 Å². The van der Waals surface area contributed by atoms with Gasteiger partial charge in [0.25, 0.3) is 0 Å². The molecule has 1 unspecified atom stereocenters. The van der Waals surface area contributed by atoms with Crippen molar-refractivity contribution in [2.45, 2.75) is 46.3 Å². The van der Waals surface area contributed by atoms with Gasteiger partial charge >= 0.3 is 0 Å². The predicted octanol–water partition coefficient (Wildman–Crippen LogP) is 5.09. The van der Waals surface area contributed by atoms with Crippen molar-refractivity contribution in [3.63, 3.8) is 0 Å². The lowest BCUT2D eigenvalue weighted by Gasteiger charge is -2.15. The summed E-state index contributed by atoms with van der Waals surface area (Å²) < 4.78 is 5.79. The van der Waals surface area contributed by atoms with Crippen molar-refractivity contribution in [1.29, 1.82) is 0 Å². The summed E-state index contributed by atoms with van der Waals surface area (Å²) in [5, 5.41) is 3.09. The highest BCUT2D eigenvalue weighted by molar-refractivity contribution is 5.76. The molecule has 4 heteroatoms. The number of carbonyl (C=O) groups excluding carboxylic acids is 1. The molecule has 3 rings (SSSR count). The number of pyridine rings is 1. The minimum Gasteiger partial charge on any atom is -0.489 e. The second kappa shape index (κ2) is 9.87. The van der Waals surface area contributed by atoms with E-state index in [9.17, 15) is 4.79 Å². The molecule has 0 spiro atoms. The summed E-state index contributed by atoms with van der Waals surface area (Å²) >= 11 is 0. The topological polar surface area (TPSA) is 51.2 Å². The first kappa shape index (κ1) is 20.6. The second-order valence-corrected chi connectivity index (χ2v) is 7.44. The average Bonchev–Trinajstić information content (AvgIpc) is 2.72. The molecular weight excluding hydrogens is 360 g/mol. The minimum absolute atomic E-state index is 0.0472. The van der Waals surface area contributed by atoms with Gasteiger partial charge in [-0.05, 0) is 62.1 Å². The molecule has 0 saturated heterocycles. The molecule has 1 heterocycles. The number of nitrogens with one attached hydrogen (secondary N) is 1. The smallest absolute Gasteiger partial charge is 0.220 e. The van der Waals surface area contributed by atoms with Crippen LogP contribution in [0.15, 0.2) is 67.0 Å². The highest BCUT2D eigenvalue weighted by Crippen LogP contribution is 2.19. The number of carbonyl (C=O) groups is 1. The zero-order valence-electron chi connectivity index (χ0n) is 17.3. The number of aromatic nitrogens is 1. The fourth-order valence-electron chi connectivity index (χ4n) is 3.27. The Balaban J connectivity index is 1.48. The predicted molar refractivity (Wildman–Crippen MR) is 116 cm³/mol. The Kier molecular flexibility index (Phi) is 7.01. The Hall–Kier alpha value is -3.14. The summed E-state index contributed by atoms with van der Waals surface area (Å²) in [7, 11) is 0. The van der Waals surface area contributed by atoms with E-state index in [0.29, 0.717) is 13.0 Å². The van der Waals surface area contributed by atoms with E-state index in [-0.39, 0.29) is 11.9 Å². The number of aryl methyl sites for hydroxylation is 3. The third-order valence-electron chi connectivity index (χ3n) is 5.01. The SMILES string of the molecule is Cc1ccc(CCC(=O)NC(C)c2ccc(OCc3cccnc3)cc2)c(C)c1. The maximum absolute atomic E-state index is 12.4. The molecular formula is C25H28N2O2. The second-order valence-electron chi connectivity index (χ2n) is 7.44. The molecule has 1 amide bonds. The molecule has 0 aliphatic heterocycles. The first-order chi connectivity index (χ1) is 14.0. The molecule has 150 valence electrons. The Morgan fingerprint density at radius 3 is 2.59 bits per heavy atom.